The maximum Gasteiger partial charge on any atom is 0.137 e. The SMILES string of the molecule is COc1cncc(-c2cnc(N3CCOCC3)cc2CNc2cc(C3CC3)nc3cc(F)cc(F)c23)c1. The van der Waals surface area contributed by atoms with Crippen LogP contribution < -0.4 is 15.0 Å². The third-order valence-corrected chi connectivity index (χ3v) is 6.88. The van der Waals surface area contributed by atoms with E-state index in [0.29, 0.717) is 42.6 Å². The summed E-state index contributed by atoms with van der Waals surface area (Å²) in [6, 6.07) is 8.07. The van der Waals surface area contributed by atoms with E-state index < -0.39 is 11.6 Å². The average molecular weight is 504 g/mol. The van der Waals surface area contributed by atoms with E-state index in [2.05, 4.69) is 20.2 Å². The van der Waals surface area contributed by atoms with Crippen molar-refractivity contribution in [3.05, 3.63) is 71.8 Å². The molecule has 9 heteroatoms. The molecule has 1 aromatic carbocycles. The number of aromatic nitrogens is 3. The smallest absolute Gasteiger partial charge is 0.137 e. The second-order valence-electron chi connectivity index (χ2n) is 9.42. The van der Waals surface area contributed by atoms with Crippen molar-refractivity contribution < 1.29 is 18.3 Å². The summed E-state index contributed by atoms with van der Waals surface area (Å²) >= 11 is 0. The van der Waals surface area contributed by atoms with Gasteiger partial charge in [-0.2, -0.15) is 0 Å². The number of ether oxygens (including phenoxy) is 2. The van der Waals surface area contributed by atoms with E-state index in [4.69, 9.17) is 14.5 Å². The Morgan fingerprint density at radius 3 is 2.68 bits per heavy atom. The fourth-order valence-corrected chi connectivity index (χ4v) is 4.76. The second kappa shape index (κ2) is 9.89. The number of halogens is 2. The summed E-state index contributed by atoms with van der Waals surface area (Å²) in [6.07, 6.45) is 7.34. The minimum Gasteiger partial charge on any atom is -0.495 e. The molecule has 1 aliphatic carbocycles. The molecule has 4 heterocycles. The zero-order chi connectivity index (χ0) is 25.4. The third-order valence-electron chi connectivity index (χ3n) is 6.88. The van der Waals surface area contributed by atoms with Gasteiger partial charge in [-0.25, -0.2) is 13.8 Å². The fourth-order valence-electron chi connectivity index (χ4n) is 4.76. The summed E-state index contributed by atoms with van der Waals surface area (Å²) in [5, 5.41) is 3.72. The van der Waals surface area contributed by atoms with Crippen LogP contribution in [0.5, 0.6) is 5.75 Å². The van der Waals surface area contributed by atoms with Gasteiger partial charge in [0, 0.05) is 72.6 Å². The van der Waals surface area contributed by atoms with Crippen molar-refractivity contribution in [3.63, 3.8) is 0 Å². The number of anilines is 2. The van der Waals surface area contributed by atoms with Gasteiger partial charge in [0.2, 0.25) is 0 Å². The van der Waals surface area contributed by atoms with Crippen LogP contribution in [0.3, 0.4) is 0 Å². The molecule has 1 N–H and O–H groups in total. The number of benzene rings is 1. The number of hydrogen-bond donors (Lipinski definition) is 1. The Morgan fingerprint density at radius 1 is 1.05 bits per heavy atom. The lowest BCUT2D eigenvalue weighted by Crippen LogP contribution is -2.36. The first-order valence-corrected chi connectivity index (χ1v) is 12.4. The fraction of sp³-hybridized carbons (Fsp3) is 0.321. The molecule has 2 aliphatic rings. The van der Waals surface area contributed by atoms with Gasteiger partial charge in [0.05, 0.1) is 37.4 Å². The molecule has 3 aromatic heterocycles. The number of rotatable bonds is 7. The van der Waals surface area contributed by atoms with E-state index in [9.17, 15) is 8.78 Å². The van der Waals surface area contributed by atoms with Gasteiger partial charge in [-0.05, 0) is 36.6 Å². The normalized spacial score (nSPS) is 15.7. The van der Waals surface area contributed by atoms with Crippen LogP contribution in [0.15, 0.2) is 48.9 Å². The maximum absolute atomic E-state index is 14.9. The van der Waals surface area contributed by atoms with E-state index in [1.54, 1.807) is 19.5 Å². The Kier molecular flexibility index (Phi) is 6.30. The Bertz CT molecular complexity index is 1450. The highest BCUT2D eigenvalue weighted by molar-refractivity contribution is 5.92. The van der Waals surface area contributed by atoms with Crippen molar-refractivity contribution in [3.8, 4) is 16.9 Å². The first kappa shape index (κ1) is 23.5. The standard InChI is InChI=1S/C28H27F2N5O2/c1-36-21-8-18(13-31-15-21)22-16-33-27(35-4-6-37-7-5-35)9-19(22)14-32-25-12-24(17-2-3-17)34-26-11-20(29)10-23(30)28(25)26/h8-13,15-17H,2-7,14H2,1H3,(H,32,34). The predicted molar refractivity (Wildman–Crippen MR) is 138 cm³/mol. The van der Waals surface area contributed by atoms with Crippen molar-refractivity contribution in [1.29, 1.82) is 0 Å². The van der Waals surface area contributed by atoms with Gasteiger partial charge in [0.1, 0.15) is 23.2 Å². The van der Waals surface area contributed by atoms with Gasteiger partial charge in [-0.1, -0.05) is 0 Å². The average Bonchev–Trinajstić information content (AvgIpc) is 3.77. The third kappa shape index (κ3) is 4.91. The highest BCUT2D eigenvalue weighted by Gasteiger charge is 2.27. The highest BCUT2D eigenvalue weighted by Crippen LogP contribution is 2.42. The molecule has 7 nitrogen and oxygen atoms in total. The lowest BCUT2D eigenvalue weighted by Gasteiger charge is -2.28. The molecule has 1 saturated heterocycles. The molecule has 0 amide bonds. The van der Waals surface area contributed by atoms with Crippen LogP contribution >= 0.6 is 0 Å². The van der Waals surface area contributed by atoms with E-state index in [1.165, 1.54) is 6.07 Å². The van der Waals surface area contributed by atoms with Gasteiger partial charge >= 0.3 is 0 Å². The van der Waals surface area contributed by atoms with Crippen LogP contribution in [0, 0.1) is 11.6 Å². The zero-order valence-electron chi connectivity index (χ0n) is 20.5. The highest BCUT2D eigenvalue weighted by atomic mass is 19.1. The predicted octanol–water partition coefficient (Wildman–Crippen LogP) is 5.30. The topological polar surface area (TPSA) is 72.4 Å². The largest absolute Gasteiger partial charge is 0.495 e. The molecule has 190 valence electrons. The molecule has 0 spiro atoms. The van der Waals surface area contributed by atoms with Gasteiger partial charge in [0.25, 0.3) is 0 Å². The molecular formula is C28H27F2N5O2. The van der Waals surface area contributed by atoms with Crippen molar-refractivity contribution in [1.82, 2.24) is 15.0 Å². The number of morpholine rings is 1. The summed E-state index contributed by atoms with van der Waals surface area (Å²) in [5.74, 6) is 0.573. The Balaban J connectivity index is 1.40. The Hall–Kier alpha value is -3.85. The summed E-state index contributed by atoms with van der Waals surface area (Å²) in [4.78, 5) is 15.8. The van der Waals surface area contributed by atoms with Crippen molar-refractivity contribution in [2.75, 3.05) is 43.6 Å². The molecule has 4 aromatic rings. The monoisotopic (exact) mass is 503 g/mol. The molecule has 0 radical (unpaired) electrons. The van der Waals surface area contributed by atoms with Crippen LogP contribution in [0.25, 0.3) is 22.0 Å². The van der Waals surface area contributed by atoms with Gasteiger partial charge in [-0.15, -0.1) is 0 Å². The van der Waals surface area contributed by atoms with Crippen molar-refractivity contribution in [2.45, 2.75) is 25.3 Å². The molecule has 0 bridgehead atoms. The van der Waals surface area contributed by atoms with Crippen LogP contribution in [-0.4, -0.2) is 48.4 Å². The van der Waals surface area contributed by atoms with Gasteiger partial charge < -0.3 is 19.7 Å². The lowest BCUT2D eigenvalue weighted by atomic mass is 10.0. The summed E-state index contributed by atoms with van der Waals surface area (Å²) < 4.78 is 39.8. The van der Waals surface area contributed by atoms with Crippen LogP contribution in [0.1, 0.15) is 30.0 Å². The zero-order valence-corrected chi connectivity index (χ0v) is 20.5. The number of nitrogens with one attached hydrogen (secondary N) is 1. The summed E-state index contributed by atoms with van der Waals surface area (Å²) in [6.45, 7) is 3.22. The molecule has 0 unspecified atom stereocenters. The molecule has 37 heavy (non-hydrogen) atoms. The quantitative estimate of drug-likeness (QED) is 0.367. The van der Waals surface area contributed by atoms with Gasteiger partial charge in [-0.3, -0.25) is 9.97 Å². The van der Waals surface area contributed by atoms with Crippen molar-refractivity contribution in [2.24, 2.45) is 0 Å². The Morgan fingerprint density at radius 2 is 1.89 bits per heavy atom. The van der Waals surface area contributed by atoms with Gasteiger partial charge in [0.15, 0.2) is 0 Å². The van der Waals surface area contributed by atoms with Crippen molar-refractivity contribution >= 4 is 22.4 Å². The maximum atomic E-state index is 14.9. The molecule has 1 saturated carbocycles. The number of fused-ring (bicyclic) bond motifs is 1. The summed E-state index contributed by atoms with van der Waals surface area (Å²) in [7, 11) is 1.60. The lowest BCUT2D eigenvalue weighted by molar-refractivity contribution is 0.122. The molecule has 0 atom stereocenters. The molecule has 1 aliphatic heterocycles. The van der Waals surface area contributed by atoms with Crippen LogP contribution in [0.4, 0.5) is 20.3 Å². The minimum atomic E-state index is -0.631. The Labute approximate surface area is 213 Å². The van der Waals surface area contributed by atoms with Crippen LogP contribution in [-0.2, 0) is 11.3 Å². The van der Waals surface area contributed by atoms with E-state index in [0.717, 1.165) is 60.2 Å². The first-order valence-electron chi connectivity index (χ1n) is 12.4. The van der Waals surface area contributed by atoms with E-state index >= 15 is 0 Å². The number of pyridine rings is 3. The first-order chi connectivity index (χ1) is 18.1. The molecule has 2 fully saturated rings. The van der Waals surface area contributed by atoms with Crippen LogP contribution in [0.2, 0.25) is 0 Å². The van der Waals surface area contributed by atoms with E-state index in [-0.39, 0.29) is 5.39 Å². The van der Waals surface area contributed by atoms with E-state index in [1.807, 2.05) is 24.4 Å². The molecular weight excluding hydrogens is 476 g/mol. The number of methoxy groups -OCH3 is 1. The molecule has 6 rings (SSSR count). The number of hydrogen-bond acceptors (Lipinski definition) is 7. The minimum absolute atomic E-state index is 0.290. The second-order valence-corrected chi connectivity index (χ2v) is 9.42. The summed E-state index contributed by atoms with van der Waals surface area (Å²) in [5.41, 5.74) is 4.51. The number of nitrogens with zero attached hydrogens (tertiary/aromatic N) is 4.